The summed E-state index contributed by atoms with van der Waals surface area (Å²) in [5, 5.41) is 0. The Kier molecular flexibility index (Phi) is 14.7. The summed E-state index contributed by atoms with van der Waals surface area (Å²) < 4.78 is 28.7. The van der Waals surface area contributed by atoms with Crippen molar-refractivity contribution in [3.05, 3.63) is 0 Å². The van der Waals surface area contributed by atoms with Gasteiger partial charge in [-0.1, -0.05) is 58.3 Å². The lowest BCUT2D eigenvalue weighted by molar-refractivity contribution is -0.143. The van der Waals surface area contributed by atoms with E-state index in [1.165, 1.54) is 32.1 Å². The standard InChI is InChI=1S/C18H37O5P/c1-5-9-10-11-12-13-14-15-16-17(18(19)21-6-2)24(20,22-7-3)23-8-4/h17H,5-16H2,1-4H3. The second-order valence-electron chi connectivity index (χ2n) is 5.91. The van der Waals surface area contributed by atoms with E-state index in [0.717, 1.165) is 19.3 Å². The van der Waals surface area contributed by atoms with E-state index in [9.17, 15) is 9.36 Å². The van der Waals surface area contributed by atoms with E-state index >= 15 is 0 Å². The SMILES string of the molecule is CCCCCCCCCCC(C(=O)OCC)P(=O)(OCC)OCC. The molecule has 1 atom stereocenters. The Morgan fingerprint density at radius 1 is 0.792 bits per heavy atom. The number of carbonyl (C=O) groups excluding carboxylic acids is 1. The molecule has 0 saturated carbocycles. The van der Waals surface area contributed by atoms with Crippen molar-refractivity contribution >= 4 is 13.6 Å². The van der Waals surface area contributed by atoms with Crippen LogP contribution in [0.5, 0.6) is 0 Å². The summed E-state index contributed by atoms with van der Waals surface area (Å²) in [4.78, 5) is 12.2. The van der Waals surface area contributed by atoms with Crippen molar-refractivity contribution < 1.29 is 23.1 Å². The minimum Gasteiger partial charge on any atom is -0.465 e. The third kappa shape index (κ3) is 9.80. The molecule has 0 aromatic carbocycles. The van der Waals surface area contributed by atoms with Crippen molar-refractivity contribution in [1.29, 1.82) is 0 Å². The van der Waals surface area contributed by atoms with E-state index < -0.39 is 19.2 Å². The van der Waals surface area contributed by atoms with Crippen LogP contribution in [0.3, 0.4) is 0 Å². The maximum Gasteiger partial charge on any atom is 0.344 e. The van der Waals surface area contributed by atoms with Gasteiger partial charge in [-0.25, -0.2) is 0 Å². The zero-order chi connectivity index (χ0) is 18.3. The van der Waals surface area contributed by atoms with Gasteiger partial charge in [0.2, 0.25) is 0 Å². The quantitative estimate of drug-likeness (QED) is 0.199. The highest BCUT2D eigenvalue weighted by Gasteiger charge is 2.41. The van der Waals surface area contributed by atoms with Crippen LogP contribution in [0.15, 0.2) is 0 Å². The molecule has 0 amide bonds. The van der Waals surface area contributed by atoms with Crippen molar-refractivity contribution in [3.8, 4) is 0 Å². The van der Waals surface area contributed by atoms with E-state index in [0.29, 0.717) is 6.42 Å². The Morgan fingerprint density at radius 3 is 1.75 bits per heavy atom. The Bertz CT molecular complexity index is 349. The largest absolute Gasteiger partial charge is 0.465 e. The highest BCUT2D eigenvalue weighted by Crippen LogP contribution is 2.55. The van der Waals surface area contributed by atoms with Crippen LogP contribution in [0.25, 0.3) is 0 Å². The van der Waals surface area contributed by atoms with Gasteiger partial charge in [0.1, 0.15) is 0 Å². The lowest BCUT2D eigenvalue weighted by Crippen LogP contribution is -2.26. The van der Waals surface area contributed by atoms with Crippen molar-refractivity contribution in [3.63, 3.8) is 0 Å². The van der Waals surface area contributed by atoms with Crippen molar-refractivity contribution in [2.75, 3.05) is 19.8 Å². The van der Waals surface area contributed by atoms with Gasteiger partial charge in [0.05, 0.1) is 19.8 Å². The first-order valence-corrected chi connectivity index (χ1v) is 11.2. The smallest absolute Gasteiger partial charge is 0.344 e. The first-order chi connectivity index (χ1) is 11.6. The third-order valence-corrected chi connectivity index (χ3v) is 6.36. The van der Waals surface area contributed by atoms with E-state index in [1.54, 1.807) is 20.8 Å². The van der Waals surface area contributed by atoms with E-state index in [-0.39, 0.29) is 19.8 Å². The van der Waals surface area contributed by atoms with Gasteiger partial charge in [0, 0.05) is 0 Å². The van der Waals surface area contributed by atoms with Gasteiger partial charge in [-0.3, -0.25) is 9.36 Å². The molecule has 0 heterocycles. The fourth-order valence-corrected chi connectivity index (χ4v) is 4.68. The molecule has 0 aromatic rings. The molecule has 0 saturated heterocycles. The number of rotatable bonds is 16. The number of hydrogen-bond acceptors (Lipinski definition) is 5. The van der Waals surface area contributed by atoms with E-state index in [2.05, 4.69) is 6.92 Å². The first-order valence-electron chi connectivity index (χ1n) is 9.61. The minimum absolute atomic E-state index is 0.255. The zero-order valence-electron chi connectivity index (χ0n) is 16.1. The molecule has 0 rings (SSSR count). The second kappa shape index (κ2) is 14.9. The molecule has 1 unspecified atom stereocenters. The monoisotopic (exact) mass is 364 g/mol. The maximum atomic E-state index is 12.9. The molecule has 6 heteroatoms. The summed E-state index contributed by atoms with van der Waals surface area (Å²) in [6, 6.07) is 0. The Hall–Kier alpha value is -0.380. The van der Waals surface area contributed by atoms with E-state index in [4.69, 9.17) is 13.8 Å². The number of ether oxygens (including phenoxy) is 1. The number of hydrogen-bond donors (Lipinski definition) is 0. The van der Waals surface area contributed by atoms with Crippen LogP contribution in [0, 0.1) is 0 Å². The van der Waals surface area contributed by atoms with Crippen molar-refractivity contribution in [1.82, 2.24) is 0 Å². The highest BCUT2D eigenvalue weighted by molar-refractivity contribution is 7.55. The van der Waals surface area contributed by atoms with Crippen LogP contribution in [0.1, 0.15) is 85.5 Å². The number of unbranched alkanes of at least 4 members (excludes halogenated alkanes) is 7. The first kappa shape index (κ1) is 23.6. The average molecular weight is 364 g/mol. The van der Waals surface area contributed by atoms with E-state index in [1.807, 2.05) is 0 Å². The molecular formula is C18H37O5P. The number of carbonyl (C=O) groups is 1. The zero-order valence-corrected chi connectivity index (χ0v) is 16.9. The van der Waals surface area contributed by atoms with Gasteiger partial charge < -0.3 is 13.8 Å². The van der Waals surface area contributed by atoms with Crippen LogP contribution in [0.4, 0.5) is 0 Å². The van der Waals surface area contributed by atoms with Crippen LogP contribution >= 0.6 is 7.60 Å². The predicted molar refractivity (Wildman–Crippen MR) is 98.5 cm³/mol. The molecule has 144 valence electrons. The molecular weight excluding hydrogens is 327 g/mol. The Morgan fingerprint density at radius 2 is 1.29 bits per heavy atom. The molecule has 0 spiro atoms. The summed E-state index contributed by atoms with van der Waals surface area (Å²) >= 11 is 0. The molecule has 0 radical (unpaired) electrons. The maximum absolute atomic E-state index is 12.9. The minimum atomic E-state index is -3.46. The molecule has 0 aromatic heterocycles. The van der Waals surface area contributed by atoms with Gasteiger partial charge in [-0.2, -0.15) is 0 Å². The molecule has 5 nitrogen and oxygen atoms in total. The van der Waals surface area contributed by atoms with Crippen LogP contribution in [-0.2, 0) is 23.1 Å². The van der Waals surface area contributed by atoms with Crippen molar-refractivity contribution in [2.45, 2.75) is 91.1 Å². The molecule has 0 bridgehead atoms. The normalized spacial score (nSPS) is 13.0. The summed E-state index contributed by atoms with van der Waals surface area (Å²) in [7, 11) is -3.46. The molecule has 24 heavy (non-hydrogen) atoms. The topological polar surface area (TPSA) is 61.8 Å². The van der Waals surface area contributed by atoms with Gasteiger partial charge in [0.25, 0.3) is 0 Å². The summed E-state index contributed by atoms with van der Waals surface area (Å²) in [6.07, 6.45) is 9.85. The van der Waals surface area contributed by atoms with Gasteiger partial charge >= 0.3 is 13.6 Å². The van der Waals surface area contributed by atoms with Gasteiger partial charge in [-0.05, 0) is 27.2 Å². The summed E-state index contributed by atoms with van der Waals surface area (Å²) in [6.45, 7) is 8.25. The third-order valence-electron chi connectivity index (χ3n) is 3.89. The molecule has 0 aliphatic heterocycles. The molecule has 0 N–H and O–H groups in total. The Balaban J connectivity index is 4.46. The molecule has 0 aliphatic carbocycles. The summed E-state index contributed by atoms with van der Waals surface area (Å²) in [5.41, 5.74) is -0.808. The van der Waals surface area contributed by atoms with Crippen molar-refractivity contribution in [2.24, 2.45) is 0 Å². The van der Waals surface area contributed by atoms with Crippen LogP contribution < -0.4 is 0 Å². The molecule has 0 fully saturated rings. The highest BCUT2D eigenvalue weighted by atomic mass is 31.2. The Labute approximate surface area is 148 Å². The fourth-order valence-electron chi connectivity index (χ4n) is 2.69. The predicted octanol–water partition coefficient (Wildman–Crippen LogP) is 5.72. The number of esters is 1. The van der Waals surface area contributed by atoms with Crippen LogP contribution in [-0.4, -0.2) is 31.4 Å². The van der Waals surface area contributed by atoms with Gasteiger partial charge in [-0.15, -0.1) is 0 Å². The fraction of sp³-hybridized carbons (Fsp3) is 0.944. The van der Waals surface area contributed by atoms with Crippen LogP contribution in [0.2, 0.25) is 0 Å². The molecule has 0 aliphatic rings. The lowest BCUT2D eigenvalue weighted by Gasteiger charge is -2.24. The lowest BCUT2D eigenvalue weighted by atomic mass is 10.1. The average Bonchev–Trinajstić information content (AvgIpc) is 2.54. The second-order valence-corrected chi connectivity index (χ2v) is 8.13. The van der Waals surface area contributed by atoms with Gasteiger partial charge in [0.15, 0.2) is 5.66 Å². The summed E-state index contributed by atoms with van der Waals surface area (Å²) in [5.74, 6) is -0.467.